The fourth-order valence-corrected chi connectivity index (χ4v) is 5.37. The Bertz CT molecular complexity index is 906. The number of thiophene rings is 1. The average molecular weight is 442 g/mol. The third kappa shape index (κ3) is 5.34. The molecule has 0 saturated carbocycles. The fourth-order valence-electron chi connectivity index (χ4n) is 4.54. The monoisotopic (exact) mass is 441 g/mol. The molecule has 1 atom stereocenters. The van der Waals surface area contributed by atoms with E-state index in [0.717, 1.165) is 35.6 Å². The number of rotatable bonds is 5. The number of nitrogens with zero attached hydrogens (tertiary/aromatic N) is 2. The highest BCUT2D eigenvalue weighted by molar-refractivity contribution is 7.13. The zero-order valence-corrected chi connectivity index (χ0v) is 19.1. The van der Waals surface area contributed by atoms with Gasteiger partial charge in [0.15, 0.2) is 0 Å². The minimum absolute atomic E-state index is 0.0468. The van der Waals surface area contributed by atoms with Gasteiger partial charge in [-0.2, -0.15) is 0 Å². The number of nitrogens with one attached hydrogen (secondary N) is 1. The lowest BCUT2D eigenvalue weighted by molar-refractivity contribution is -0.180. The number of amides is 2. The van der Waals surface area contributed by atoms with Crippen LogP contribution in [0.1, 0.15) is 33.0 Å². The molecule has 2 saturated heterocycles. The molecule has 3 heterocycles. The summed E-state index contributed by atoms with van der Waals surface area (Å²) in [6.45, 7) is 5.32. The molecule has 31 heavy (non-hydrogen) atoms. The third-order valence-electron chi connectivity index (χ3n) is 6.19. The van der Waals surface area contributed by atoms with Crippen molar-refractivity contribution in [1.29, 1.82) is 0 Å². The Morgan fingerprint density at radius 1 is 1.16 bits per heavy atom. The van der Waals surface area contributed by atoms with Crippen LogP contribution in [0.4, 0.5) is 0 Å². The van der Waals surface area contributed by atoms with Crippen molar-refractivity contribution in [3.8, 4) is 0 Å². The van der Waals surface area contributed by atoms with E-state index in [-0.39, 0.29) is 17.4 Å². The summed E-state index contributed by atoms with van der Waals surface area (Å²) in [4.78, 5) is 31.6. The third-order valence-corrected chi connectivity index (χ3v) is 7.18. The van der Waals surface area contributed by atoms with Gasteiger partial charge in [0.25, 0.3) is 11.8 Å². The molecular formula is C24H31N3O3S. The maximum absolute atomic E-state index is 12.8. The summed E-state index contributed by atoms with van der Waals surface area (Å²) >= 11 is 1.54. The van der Waals surface area contributed by atoms with Crippen molar-refractivity contribution < 1.29 is 14.3 Å². The summed E-state index contributed by atoms with van der Waals surface area (Å²) in [7, 11) is 2.04. The first-order valence-corrected chi connectivity index (χ1v) is 11.8. The molecule has 4 rings (SSSR count). The Morgan fingerprint density at radius 3 is 2.58 bits per heavy atom. The van der Waals surface area contributed by atoms with Gasteiger partial charge >= 0.3 is 0 Å². The molecular weight excluding hydrogens is 410 g/mol. The normalized spacial score (nSPS) is 21.2. The molecule has 2 aliphatic rings. The van der Waals surface area contributed by atoms with Gasteiger partial charge in [-0.25, -0.2) is 0 Å². The van der Waals surface area contributed by atoms with E-state index in [1.165, 1.54) is 5.56 Å². The number of likely N-dealkylation sites (tertiary alicyclic amines) is 1. The summed E-state index contributed by atoms with van der Waals surface area (Å²) in [5, 5.41) is 3.04. The first-order valence-electron chi connectivity index (χ1n) is 11.0. The SMILES string of the molecule is Cc1ccc(C(=O)N2CCC3(CC2)CN(C)C[C@@H](C(=O)NCCc2ccccc2)O3)s1. The van der Waals surface area contributed by atoms with Crippen molar-refractivity contribution in [3.05, 3.63) is 57.8 Å². The molecule has 2 amide bonds. The molecule has 2 aromatic rings. The number of morpholine rings is 1. The van der Waals surface area contributed by atoms with E-state index < -0.39 is 6.10 Å². The summed E-state index contributed by atoms with van der Waals surface area (Å²) in [5.41, 5.74) is 0.843. The van der Waals surface area contributed by atoms with E-state index in [0.29, 0.717) is 26.2 Å². The number of carbonyl (C=O) groups excluding carboxylic acids is 2. The van der Waals surface area contributed by atoms with Crippen LogP contribution in [0.2, 0.25) is 0 Å². The van der Waals surface area contributed by atoms with Crippen LogP contribution in [-0.2, 0) is 16.0 Å². The molecule has 1 aromatic carbocycles. The average Bonchev–Trinajstić information content (AvgIpc) is 3.20. The predicted molar refractivity (Wildman–Crippen MR) is 122 cm³/mol. The summed E-state index contributed by atoms with van der Waals surface area (Å²) in [5.74, 6) is 0.0572. The molecule has 7 heteroatoms. The first kappa shape index (κ1) is 22.0. The molecule has 2 aliphatic heterocycles. The highest BCUT2D eigenvalue weighted by Crippen LogP contribution is 2.33. The molecule has 0 unspecified atom stereocenters. The van der Waals surface area contributed by atoms with Crippen molar-refractivity contribution in [2.75, 3.05) is 39.8 Å². The van der Waals surface area contributed by atoms with Crippen molar-refractivity contribution in [2.24, 2.45) is 0 Å². The predicted octanol–water partition coefficient (Wildman–Crippen LogP) is 2.72. The number of hydrogen-bond acceptors (Lipinski definition) is 5. The second-order valence-electron chi connectivity index (χ2n) is 8.72. The highest BCUT2D eigenvalue weighted by atomic mass is 32.1. The van der Waals surface area contributed by atoms with Gasteiger partial charge in [-0.1, -0.05) is 30.3 Å². The number of ether oxygens (including phenoxy) is 1. The van der Waals surface area contributed by atoms with Gasteiger partial charge in [0.05, 0.1) is 10.5 Å². The Balaban J connectivity index is 1.31. The standard InChI is InChI=1S/C24H31N3O3S/c1-18-8-9-21(31-18)23(29)27-14-11-24(12-15-27)17-26(2)16-20(30-24)22(28)25-13-10-19-6-4-3-5-7-19/h3-9,20H,10-17H2,1-2H3,(H,25,28)/t20-/m0/s1. The van der Waals surface area contributed by atoms with E-state index in [1.807, 2.05) is 49.2 Å². The zero-order chi connectivity index (χ0) is 21.8. The molecule has 6 nitrogen and oxygen atoms in total. The van der Waals surface area contributed by atoms with Gasteiger partial charge in [0.1, 0.15) is 6.10 Å². The number of aryl methyl sites for hydroxylation is 1. The lowest BCUT2D eigenvalue weighted by atomic mass is 9.88. The van der Waals surface area contributed by atoms with Gasteiger partial charge in [-0.3, -0.25) is 9.59 Å². The highest BCUT2D eigenvalue weighted by Gasteiger charge is 2.44. The zero-order valence-electron chi connectivity index (χ0n) is 18.3. The number of benzene rings is 1. The number of carbonyl (C=O) groups is 2. The lowest BCUT2D eigenvalue weighted by Crippen LogP contribution is -2.61. The van der Waals surface area contributed by atoms with Crippen LogP contribution in [0.3, 0.4) is 0 Å². The van der Waals surface area contributed by atoms with Crippen molar-refractivity contribution in [3.63, 3.8) is 0 Å². The molecule has 0 bridgehead atoms. The molecule has 1 spiro atoms. The lowest BCUT2D eigenvalue weighted by Gasteiger charge is -2.48. The first-order chi connectivity index (χ1) is 14.9. The molecule has 0 aliphatic carbocycles. The molecule has 2 fully saturated rings. The Morgan fingerprint density at radius 2 is 1.90 bits per heavy atom. The van der Waals surface area contributed by atoms with Gasteiger partial charge in [0.2, 0.25) is 0 Å². The summed E-state index contributed by atoms with van der Waals surface area (Å²) < 4.78 is 6.40. The topological polar surface area (TPSA) is 61.9 Å². The van der Waals surface area contributed by atoms with Gasteiger partial charge in [-0.05, 0) is 50.9 Å². The van der Waals surface area contributed by atoms with Crippen LogP contribution in [0.5, 0.6) is 0 Å². The Hall–Kier alpha value is -2.22. The smallest absolute Gasteiger partial charge is 0.263 e. The van der Waals surface area contributed by atoms with Crippen LogP contribution in [0, 0.1) is 6.92 Å². The van der Waals surface area contributed by atoms with E-state index >= 15 is 0 Å². The maximum Gasteiger partial charge on any atom is 0.263 e. The molecule has 1 N–H and O–H groups in total. The van der Waals surface area contributed by atoms with E-state index in [2.05, 4.69) is 22.3 Å². The van der Waals surface area contributed by atoms with Gasteiger partial charge in [0, 0.05) is 37.6 Å². The number of likely N-dealkylation sites (N-methyl/N-ethyl adjacent to an activating group) is 1. The number of piperidine rings is 1. The van der Waals surface area contributed by atoms with Crippen molar-refractivity contribution in [1.82, 2.24) is 15.1 Å². The molecule has 1 aromatic heterocycles. The van der Waals surface area contributed by atoms with Crippen molar-refractivity contribution >= 4 is 23.2 Å². The maximum atomic E-state index is 12.8. The Labute approximate surface area is 188 Å². The van der Waals surface area contributed by atoms with E-state index in [9.17, 15) is 9.59 Å². The van der Waals surface area contributed by atoms with E-state index in [4.69, 9.17) is 4.74 Å². The second-order valence-corrected chi connectivity index (χ2v) is 10.0. The number of hydrogen-bond donors (Lipinski definition) is 1. The molecule has 166 valence electrons. The largest absolute Gasteiger partial charge is 0.359 e. The minimum atomic E-state index is -0.475. The van der Waals surface area contributed by atoms with Crippen LogP contribution in [0.25, 0.3) is 0 Å². The van der Waals surface area contributed by atoms with Crippen LogP contribution in [0.15, 0.2) is 42.5 Å². The second kappa shape index (κ2) is 9.51. The van der Waals surface area contributed by atoms with Crippen molar-refractivity contribution in [2.45, 2.75) is 37.9 Å². The fraction of sp³-hybridized carbons (Fsp3) is 0.500. The Kier molecular flexibility index (Phi) is 6.74. The van der Waals surface area contributed by atoms with Gasteiger partial charge < -0.3 is 19.9 Å². The van der Waals surface area contributed by atoms with Gasteiger partial charge in [-0.15, -0.1) is 11.3 Å². The van der Waals surface area contributed by atoms with E-state index in [1.54, 1.807) is 11.3 Å². The summed E-state index contributed by atoms with van der Waals surface area (Å²) in [6, 6.07) is 14.1. The quantitative estimate of drug-likeness (QED) is 0.775. The minimum Gasteiger partial charge on any atom is -0.359 e. The molecule has 0 radical (unpaired) electrons. The van der Waals surface area contributed by atoms with Crippen LogP contribution < -0.4 is 5.32 Å². The van der Waals surface area contributed by atoms with Crippen LogP contribution in [-0.4, -0.2) is 73.1 Å². The summed E-state index contributed by atoms with van der Waals surface area (Å²) in [6.07, 6.45) is 1.83. The van der Waals surface area contributed by atoms with Crippen LogP contribution >= 0.6 is 11.3 Å².